The summed E-state index contributed by atoms with van der Waals surface area (Å²) < 4.78 is 7.20. The van der Waals surface area contributed by atoms with Gasteiger partial charge in [0, 0.05) is 38.6 Å². The van der Waals surface area contributed by atoms with Gasteiger partial charge >= 0.3 is 0 Å². The van der Waals surface area contributed by atoms with E-state index in [2.05, 4.69) is 4.57 Å². The van der Waals surface area contributed by atoms with Gasteiger partial charge in [0.25, 0.3) is 5.91 Å². The fourth-order valence-corrected chi connectivity index (χ4v) is 2.66. The Morgan fingerprint density at radius 1 is 1.50 bits per heavy atom. The third-order valence-electron chi connectivity index (χ3n) is 3.75. The molecule has 1 aromatic heterocycles. The predicted molar refractivity (Wildman–Crippen MR) is 93.3 cm³/mol. The largest absolute Gasteiger partial charge is 0.389 e. The second-order valence-electron chi connectivity index (χ2n) is 6.61. The fraction of sp³-hybridized carbons (Fsp3) is 0.556. The lowest BCUT2D eigenvalue weighted by Gasteiger charge is -2.25. The van der Waals surface area contributed by atoms with Crippen molar-refractivity contribution in [1.29, 1.82) is 5.26 Å². The molecular formula is C18H27N3O3. The molecule has 0 radical (unpaired) electrons. The molecule has 132 valence electrons. The predicted octanol–water partition coefficient (Wildman–Crippen LogP) is 1.89. The maximum absolute atomic E-state index is 12.4. The summed E-state index contributed by atoms with van der Waals surface area (Å²) in [4.78, 5) is 13.8. The Hall–Kier alpha value is -2.10. The van der Waals surface area contributed by atoms with E-state index < -0.39 is 11.5 Å². The number of methoxy groups -OCH3 is 1. The number of aromatic nitrogens is 1. The van der Waals surface area contributed by atoms with E-state index in [9.17, 15) is 15.2 Å². The van der Waals surface area contributed by atoms with E-state index in [4.69, 9.17) is 4.74 Å². The van der Waals surface area contributed by atoms with Gasteiger partial charge in [0.2, 0.25) is 0 Å². The summed E-state index contributed by atoms with van der Waals surface area (Å²) in [6.45, 7) is 8.64. The van der Waals surface area contributed by atoms with Crippen LogP contribution in [0.1, 0.15) is 30.8 Å². The van der Waals surface area contributed by atoms with Crippen molar-refractivity contribution < 1.29 is 14.6 Å². The average molecular weight is 333 g/mol. The SMILES string of the molecule is COCCn1c(C)cc(C=C(C#N)C(=O)N(C)CC(C)(C)O)c1C. The third kappa shape index (κ3) is 5.22. The second kappa shape index (κ2) is 8.13. The van der Waals surface area contributed by atoms with E-state index in [1.807, 2.05) is 26.0 Å². The first-order valence-corrected chi connectivity index (χ1v) is 7.86. The number of aryl methyl sites for hydroxylation is 1. The van der Waals surface area contributed by atoms with Gasteiger partial charge in [-0.1, -0.05) is 0 Å². The summed E-state index contributed by atoms with van der Waals surface area (Å²) in [5, 5.41) is 19.2. The smallest absolute Gasteiger partial charge is 0.264 e. The molecule has 0 aliphatic rings. The maximum Gasteiger partial charge on any atom is 0.264 e. The van der Waals surface area contributed by atoms with E-state index in [1.54, 1.807) is 34.1 Å². The molecule has 0 saturated carbocycles. The molecule has 0 aliphatic heterocycles. The van der Waals surface area contributed by atoms with Crippen LogP contribution in [0.5, 0.6) is 0 Å². The Labute approximate surface area is 143 Å². The molecule has 0 atom stereocenters. The molecule has 0 aromatic carbocycles. The quantitative estimate of drug-likeness (QED) is 0.610. The zero-order valence-corrected chi connectivity index (χ0v) is 15.4. The van der Waals surface area contributed by atoms with Crippen molar-refractivity contribution in [2.45, 2.75) is 39.8 Å². The van der Waals surface area contributed by atoms with Crippen molar-refractivity contribution in [1.82, 2.24) is 9.47 Å². The van der Waals surface area contributed by atoms with Gasteiger partial charge in [-0.15, -0.1) is 0 Å². The van der Waals surface area contributed by atoms with Gasteiger partial charge in [0.05, 0.1) is 12.2 Å². The molecule has 1 aromatic rings. The number of nitriles is 1. The van der Waals surface area contributed by atoms with Crippen molar-refractivity contribution in [3.8, 4) is 6.07 Å². The molecule has 1 rings (SSSR count). The zero-order valence-electron chi connectivity index (χ0n) is 15.4. The van der Waals surface area contributed by atoms with E-state index in [1.165, 1.54) is 4.90 Å². The second-order valence-corrected chi connectivity index (χ2v) is 6.61. The number of hydrogen-bond donors (Lipinski definition) is 1. The summed E-state index contributed by atoms with van der Waals surface area (Å²) in [6.07, 6.45) is 1.61. The van der Waals surface area contributed by atoms with Gasteiger partial charge in [-0.05, 0) is 45.4 Å². The minimum Gasteiger partial charge on any atom is -0.389 e. The summed E-state index contributed by atoms with van der Waals surface area (Å²) >= 11 is 0. The molecule has 0 fully saturated rings. The molecule has 1 amide bonds. The van der Waals surface area contributed by atoms with Crippen LogP contribution in [0.3, 0.4) is 0 Å². The lowest BCUT2D eigenvalue weighted by molar-refractivity contribution is -0.128. The molecular weight excluding hydrogens is 306 g/mol. The Bertz CT molecular complexity index is 660. The van der Waals surface area contributed by atoms with Crippen molar-refractivity contribution >= 4 is 12.0 Å². The number of carbonyl (C=O) groups excluding carboxylic acids is 1. The highest BCUT2D eigenvalue weighted by molar-refractivity contribution is 6.01. The number of nitrogens with zero attached hydrogens (tertiary/aromatic N) is 3. The van der Waals surface area contributed by atoms with Gasteiger partial charge in [-0.25, -0.2) is 0 Å². The first kappa shape index (κ1) is 19.9. The van der Waals surface area contributed by atoms with Gasteiger partial charge in [-0.3, -0.25) is 4.79 Å². The Balaban J connectivity index is 3.09. The van der Waals surface area contributed by atoms with Crippen LogP contribution in [-0.4, -0.2) is 53.4 Å². The first-order chi connectivity index (χ1) is 11.1. The number of carbonyl (C=O) groups is 1. The topological polar surface area (TPSA) is 78.5 Å². The summed E-state index contributed by atoms with van der Waals surface area (Å²) in [5.41, 5.74) is 1.90. The molecule has 0 unspecified atom stereocenters. The van der Waals surface area contributed by atoms with Crippen molar-refractivity contribution in [2.75, 3.05) is 27.3 Å². The summed E-state index contributed by atoms with van der Waals surface area (Å²) in [5.74, 6) is -0.402. The minimum atomic E-state index is -1.01. The summed E-state index contributed by atoms with van der Waals surface area (Å²) in [7, 11) is 3.23. The van der Waals surface area contributed by atoms with Crippen molar-refractivity contribution in [3.05, 3.63) is 28.6 Å². The number of aliphatic hydroxyl groups is 1. The number of ether oxygens (including phenoxy) is 1. The van der Waals surface area contributed by atoms with Gasteiger partial charge in [-0.2, -0.15) is 5.26 Å². The molecule has 1 heterocycles. The highest BCUT2D eigenvalue weighted by Gasteiger charge is 2.22. The molecule has 24 heavy (non-hydrogen) atoms. The van der Waals surface area contributed by atoms with Crippen LogP contribution in [0.15, 0.2) is 11.6 Å². The third-order valence-corrected chi connectivity index (χ3v) is 3.75. The normalized spacial score (nSPS) is 12.2. The highest BCUT2D eigenvalue weighted by Crippen LogP contribution is 2.19. The maximum atomic E-state index is 12.4. The van der Waals surface area contributed by atoms with Crippen LogP contribution < -0.4 is 0 Å². The molecule has 6 heteroatoms. The summed E-state index contributed by atoms with van der Waals surface area (Å²) in [6, 6.07) is 3.92. The Morgan fingerprint density at radius 2 is 2.12 bits per heavy atom. The van der Waals surface area contributed by atoms with Crippen molar-refractivity contribution in [2.24, 2.45) is 0 Å². The van der Waals surface area contributed by atoms with Gasteiger partial charge in [0.15, 0.2) is 0 Å². The molecule has 6 nitrogen and oxygen atoms in total. The van der Waals surface area contributed by atoms with Crippen LogP contribution in [0.2, 0.25) is 0 Å². The molecule has 0 spiro atoms. The lowest BCUT2D eigenvalue weighted by Crippen LogP contribution is -2.40. The van der Waals surface area contributed by atoms with Crippen LogP contribution in [0, 0.1) is 25.2 Å². The van der Waals surface area contributed by atoms with E-state index >= 15 is 0 Å². The first-order valence-electron chi connectivity index (χ1n) is 7.86. The average Bonchev–Trinajstić information content (AvgIpc) is 2.74. The van der Waals surface area contributed by atoms with Crippen LogP contribution in [0.4, 0.5) is 0 Å². The number of amides is 1. The molecule has 0 bridgehead atoms. The van der Waals surface area contributed by atoms with Crippen LogP contribution in [0.25, 0.3) is 6.08 Å². The number of rotatable bonds is 7. The van der Waals surface area contributed by atoms with Crippen LogP contribution >= 0.6 is 0 Å². The van der Waals surface area contributed by atoms with Gasteiger partial charge in [0.1, 0.15) is 11.6 Å². The van der Waals surface area contributed by atoms with Crippen molar-refractivity contribution in [3.63, 3.8) is 0 Å². The van der Waals surface area contributed by atoms with E-state index in [0.717, 1.165) is 23.5 Å². The van der Waals surface area contributed by atoms with E-state index in [-0.39, 0.29) is 12.1 Å². The fourth-order valence-electron chi connectivity index (χ4n) is 2.66. The van der Waals surface area contributed by atoms with Gasteiger partial charge < -0.3 is 19.3 Å². The monoisotopic (exact) mass is 333 g/mol. The molecule has 1 N–H and O–H groups in total. The number of hydrogen-bond acceptors (Lipinski definition) is 4. The van der Waals surface area contributed by atoms with E-state index in [0.29, 0.717) is 6.61 Å². The highest BCUT2D eigenvalue weighted by atomic mass is 16.5. The lowest BCUT2D eigenvalue weighted by atomic mass is 10.1. The minimum absolute atomic E-state index is 0.0498. The standard InChI is InChI=1S/C18H27N3O3/c1-13-9-15(14(2)21(13)7-8-24-6)10-16(11-19)17(22)20(5)12-18(3,4)23/h9-10,23H,7-8,12H2,1-6H3. The number of likely N-dealkylation sites (N-methyl/N-ethyl adjacent to an activating group) is 1. The molecule has 0 saturated heterocycles. The Morgan fingerprint density at radius 3 is 2.62 bits per heavy atom. The zero-order chi connectivity index (χ0) is 18.5. The Kier molecular flexibility index (Phi) is 6.76. The van der Waals surface area contributed by atoms with Crippen LogP contribution in [-0.2, 0) is 16.1 Å². The molecule has 0 aliphatic carbocycles.